The molecule has 0 saturated carbocycles. The number of anilines is 1. The van der Waals surface area contributed by atoms with Crippen LogP contribution in [0.3, 0.4) is 0 Å². The van der Waals surface area contributed by atoms with Gasteiger partial charge in [0.05, 0.1) is 23.4 Å². The number of rotatable bonds is 2. The smallest absolute Gasteiger partial charge is 0.365 e. The number of hydrogen-bond acceptors (Lipinski definition) is 3. The molecule has 2 aromatic rings. The van der Waals surface area contributed by atoms with E-state index in [-0.39, 0.29) is 42.9 Å². The van der Waals surface area contributed by atoms with Gasteiger partial charge in [-0.1, -0.05) is 0 Å². The van der Waals surface area contributed by atoms with Gasteiger partial charge in [0.2, 0.25) is 0 Å². The predicted molar refractivity (Wildman–Crippen MR) is 93.7 cm³/mol. The fourth-order valence-electron chi connectivity index (χ4n) is 3.00. The fraction of sp³-hybridized carbons (Fsp3) is 0.312. The third kappa shape index (κ3) is 3.16. The summed E-state index contributed by atoms with van der Waals surface area (Å²) < 4.78 is 40.2. The standard InChI is InChI=1S/C16H15F3N4O2.H2S/c1-8-5-10(3-4-12(8)16(17,18)19)22-7-9(2)23-13(15(22)25)11(6-21-23)14(20)24;/h3-6,9H,7H2,1-2H3,(H2,20,24);1H2/t9-;/m0./s1. The maximum atomic E-state index is 12.9. The highest BCUT2D eigenvalue weighted by molar-refractivity contribution is 7.59. The van der Waals surface area contributed by atoms with Crippen molar-refractivity contribution >= 4 is 31.0 Å². The highest BCUT2D eigenvalue weighted by Crippen LogP contribution is 2.35. The van der Waals surface area contributed by atoms with Gasteiger partial charge >= 0.3 is 6.18 Å². The summed E-state index contributed by atoms with van der Waals surface area (Å²) in [4.78, 5) is 25.6. The van der Waals surface area contributed by atoms with Gasteiger partial charge in [-0.05, 0) is 37.6 Å². The Morgan fingerprint density at radius 2 is 2.00 bits per heavy atom. The first-order valence-corrected chi connectivity index (χ1v) is 7.48. The Morgan fingerprint density at radius 1 is 1.35 bits per heavy atom. The summed E-state index contributed by atoms with van der Waals surface area (Å²) in [6.45, 7) is 3.34. The quantitative estimate of drug-likeness (QED) is 0.862. The van der Waals surface area contributed by atoms with E-state index in [0.29, 0.717) is 5.69 Å². The Labute approximate surface area is 154 Å². The van der Waals surface area contributed by atoms with Crippen LogP contribution in [-0.4, -0.2) is 28.1 Å². The monoisotopic (exact) mass is 386 g/mol. The van der Waals surface area contributed by atoms with E-state index in [0.717, 1.165) is 6.07 Å². The van der Waals surface area contributed by atoms with Gasteiger partial charge in [-0.15, -0.1) is 0 Å². The van der Waals surface area contributed by atoms with Crippen molar-refractivity contribution in [3.8, 4) is 0 Å². The molecule has 0 aliphatic carbocycles. The van der Waals surface area contributed by atoms with E-state index in [4.69, 9.17) is 5.73 Å². The molecule has 0 bridgehead atoms. The van der Waals surface area contributed by atoms with Crippen LogP contribution < -0.4 is 10.6 Å². The lowest BCUT2D eigenvalue weighted by Crippen LogP contribution is -2.43. The SMILES string of the molecule is Cc1cc(N2C[C@H](C)n3ncc(C(N)=O)c3C2=O)ccc1C(F)(F)F.S. The number of alkyl halides is 3. The molecule has 26 heavy (non-hydrogen) atoms. The molecule has 10 heteroatoms. The van der Waals surface area contributed by atoms with Crippen molar-refractivity contribution in [1.82, 2.24) is 9.78 Å². The summed E-state index contributed by atoms with van der Waals surface area (Å²) in [6, 6.07) is 3.24. The number of carbonyl (C=O) groups is 2. The van der Waals surface area contributed by atoms with Gasteiger partial charge in [0.25, 0.3) is 11.8 Å². The largest absolute Gasteiger partial charge is 0.416 e. The number of fused-ring (bicyclic) bond motifs is 1. The summed E-state index contributed by atoms with van der Waals surface area (Å²) in [6.07, 6.45) is -3.23. The van der Waals surface area contributed by atoms with Crippen molar-refractivity contribution in [3.63, 3.8) is 0 Å². The molecule has 0 spiro atoms. The van der Waals surface area contributed by atoms with Gasteiger partial charge in [0.1, 0.15) is 5.69 Å². The lowest BCUT2D eigenvalue weighted by atomic mass is 10.0. The number of nitrogens with two attached hydrogens (primary N) is 1. The van der Waals surface area contributed by atoms with Gasteiger partial charge in [-0.25, -0.2) is 0 Å². The van der Waals surface area contributed by atoms with Gasteiger partial charge in [-0.2, -0.15) is 31.8 Å². The summed E-state index contributed by atoms with van der Waals surface area (Å²) in [5.41, 5.74) is 4.90. The third-order valence-corrected chi connectivity index (χ3v) is 4.20. The zero-order valence-electron chi connectivity index (χ0n) is 14.0. The van der Waals surface area contributed by atoms with Crippen LogP contribution in [0, 0.1) is 6.92 Å². The van der Waals surface area contributed by atoms with E-state index < -0.39 is 23.6 Å². The second-order valence-electron chi connectivity index (χ2n) is 5.98. The highest BCUT2D eigenvalue weighted by atomic mass is 32.1. The van der Waals surface area contributed by atoms with E-state index in [1.807, 2.05) is 0 Å². The summed E-state index contributed by atoms with van der Waals surface area (Å²) in [5, 5.41) is 4.02. The Bertz CT molecular complexity index is 879. The molecule has 0 saturated heterocycles. The zero-order chi connectivity index (χ0) is 18.5. The van der Waals surface area contributed by atoms with Gasteiger partial charge in [0, 0.05) is 12.2 Å². The van der Waals surface area contributed by atoms with E-state index in [9.17, 15) is 22.8 Å². The number of aromatic nitrogens is 2. The van der Waals surface area contributed by atoms with Crippen LogP contribution in [0.1, 0.15) is 44.9 Å². The van der Waals surface area contributed by atoms with E-state index in [1.165, 1.54) is 34.8 Å². The number of primary amides is 1. The summed E-state index contributed by atoms with van der Waals surface area (Å²) in [7, 11) is 0. The molecule has 0 fully saturated rings. The van der Waals surface area contributed by atoms with E-state index in [1.54, 1.807) is 6.92 Å². The van der Waals surface area contributed by atoms with Crippen molar-refractivity contribution in [2.75, 3.05) is 11.4 Å². The number of aryl methyl sites for hydroxylation is 1. The lowest BCUT2D eigenvalue weighted by molar-refractivity contribution is -0.138. The molecule has 1 aliphatic rings. The topological polar surface area (TPSA) is 81.2 Å². The number of carbonyl (C=O) groups excluding carboxylic acids is 2. The van der Waals surface area contributed by atoms with Crippen LogP contribution in [0.15, 0.2) is 24.4 Å². The molecular formula is C16H17F3N4O2S. The molecule has 2 amide bonds. The first kappa shape index (κ1) is 19.8. The average Bonchev–Trinajstić information content (AvgIpc) is 2.95. The van der Waals surface area contributed by atoms with Crippen LogP contribution in [0.2, 0.25) is 0 Å². The number of hydrogen-bond donors (Lipinski definition) is 1. The van der Waals surface area contributed by atoms with Gasteiger partial charge in [-0.3, -0.25) is 14.3 Å². The summed E-state index contributed by atoms with van der Waals surface area (Å²) in [5.74, 6) is -1.31. The fourth-order valence-corrected chi connectivity index (χ4v) is 3.00. The van der Waals surface area contributed by atoms with Crippen molar-refractivity contribution in [2.24, 2.45) is 5.73 Å². The molecule has 3 rings (SSSR count). The minimum atomic E-state index is -4.46. The third-order valence-electron chi connectivity index (χ3n) is 4.20. The second-order valence-corrected chi connectivity index (χ2v) is 5.98. The normalized spacial score (nSPS) is 16.9. The first-order chi connectivity index (χ1) is 11.6. The van der Waals surface area contributed by atoms with Crippen LogP contribution in [-0.2, 0) is 6.18 Å². The molecule has 1 aromatic heterocycles. The minimum Gasteiger partial charge on any atom is -0.365 e. The molecule has 1 atom stereocenters. The number of halogens is 3. The van der Waals surface area contributed by atoms with Crippen molar-refractivity contribution in [3.05, 3.63) is 46.8 Å². The van der Waals surface area contributed by atoms with Crippen LogP contribution in [0.4, 0.5) is 18.9 Å². The molecule has 2 N–H and O–H groups in total. The maximum Gasteiger partial charge on any atom is 0.416 e. The van der Waals surface area contributed by atoms with Crippen molar-refractivity contribution in [2.45, 2.75) is 26.1 Å². The minimum absolute atomic E-state index is 0. The van der Waals surface area contributed by atoms with Crippen molar-refractivity contribution < 1.29 is 22.8 Å². The zero-order valence-corrected chi connectivity index (χ0v) is 15.0. The molecule has 2 heterocycles. The molecule has 0 radical (unpaired) electrons. The maximum absolute atomic E-state index is 12.9. The van der Waals surface area contributed by atoms with E-state index >= 15 is 0 Å². The van der Waals surface area contributed by atoms with Crippen LogP contribution in [0.5, 0.6) is 0 Å². The molecule has 1 aliphatic heterocycles. The Kier molecular flexibility index (Phi) is 5.09. The second kappa shape index (κ2) is 6.67. The lowest BCUT2D eigenvalue weighted by Gasteiger charge is -2.32. The Morgan fingerprint density at radius 3 is 2.54 bits per heavy atom. The summed E-state index contributed by atoms with van der Waals surface area (Å²) >= 11 is 0. The molecule has 6 nitrogen and oxygen atoms in total. The Balaban J connectivity index is 0.00000243. The first-order valence-electron chi connectivity index (χ1n) is 7.48. The molecule has 0 unspecified atom stereocenters. The molecule has 1 aromatic carbocycles. The number of benzene rings is 1. The predicted octanol–water partition coefficient (Wildman–Crippen LogP) is 2.64. The molecule has 140 valence electrons. The Hall–Kier alpha value is -2.49. The van der Waals surface area contributed by atoms with Crippen LogP contribution >= 0.6 is 13.5 Å². The highest BCUT2D eigenvalue weighted by Gasteiger charge is 2.36. The average molecular weight is 386 g/mol. The van der Waals surface area contributed by atoms with Gasteiger partial charge < -0.3 is 10.6 Å². The van der Waals surface area contributed by atoms with E-state index in [2.05, 4.69) is 5.10 Å². The van der Waals surface area contributed by atoms with Crippen molar-refractivity contribution in [1.29, 1.82) is 0 Å². The van der Waals surface area contributed by atoms with Gasteiger partial charge in [0.15, 0.2) is 0 Å². The van der Waals surface area contributed by atoms with Crippen LogP contribution in [0.25, 0.3) is 0 Å². The number of nitrogens with zero attached hydrogens (tertiary/aromatic N) is 3. The number of amides is 2. The molecular weight excluding hydrogens is 369 g/mol.